The molecule has 1 saturated carbocycles. The van der Waals surface area contributed by atoms with Crippen molar-refractivity contribution >= 4 is 45.9 Å². The number of alkyl halides is 2. The molecule has 2 fully saturated rings. The van der Waals surface area contributed by atoms with Crippen LogP contribution in [0.1, 0.15) is 30.3 Å². The van der Waals surface area contributed by atoms with Crippen LogP contribution in [0.25, 0.3) is 10.9 Å². The fourth-order valence-electron chi connectivity index (χ4n) is 3.74. The molecular formula is C18H17Cl2F2N3O2. The molecule has 1 aliphatic carbocycles. The highest BCUT2D eigenvalue weighted by Gasteiger charge is 2.73. The second kappa shape index (κ2) is 6.07. The summed E-state index contributed by atoms with van der Waals surface area (Å²) >= 11 is 11.9. The Bertz CT molecular complexity index is 922. The molecule has 144 valence electrons. The lowest BCUT2D eigenvalue weighted by Crippen LogP contribution is -2.46. The first kappa shape index (κ1) is 18.5. The van der Waals surface area contributed by atoms with Crippen molar-refractivity contribution in [1.82, 2.24) is 15.2 Å². The Morgan fingerprint density at radius 2 is 1.93 bits per heavy atom. The quantitative estimate of drug-likeness (QED) is 0.799. The molecule has 2 aromatic rings. The van der Waals surface area contributed by atoms with E-state index in [0.717, 1.165) is 0 Å². The third-order valence-corrected chi connectivity index (χ3v) is 6.22. The fourth-order valence-corrected chi connectivity index (χ4v) is 4.08. The number of benzene rings is 1. The third-order valence-electron chi connectivity index (χ3n) is 5.50. The molecule has 2 heterocycles. The number of aromatic nitrogens is 1. The van der Waals surface area contributed by atoms with Crippen LogP contribution in [0.4, 0.5) is 8.78 Å². The monoisotopic (exact) mass is 415 g/mol. The number of rotatable bonds is 3. The van der Waals surface area contributed by atoms with E-state index in [4.69, 9.17) is 23.2 Å². The zero-order valence-electron chi connectivity index (χ0n) is 14.4. The number of amides is 2. The minimum atomic E-state index is -2.68. The van der Waals surface area contributed by atoms with Crippen LogP contribution in [0, 0.1) is 5.41 Å². The van der Waals surface area contributed by atoms with Gasteiger partial charge in [-0.25, -0.2) is 8.78 Å². The molecule has 2 aliphatic rings. The number of hydrogen-bond donors (Lipinski definition) is 2. The van der Waals surface area contributed by atoms with Crippen molar-refractivity contribution in [2.45, 2.75) is 31.7 Å². The predicted molar refractivity (Wildman–Crippen MR) is 98.4 cm³/mol. The second-order valence-corrected chi connectivity index (χ2v) is 8.22. The van der Waals surface area contributed by atoms with E-state index in [1.807, 2.05) is 0 Å². The van der Waals surface area contributed by atoms with Gasteiger partial charge < -0.3 is 15.2 Å². The summed E-state index contributed by atoms with van der Waals surface area (Å²) in [5.74, 6) is -3.50. The van der Waals surface area contributed by atoms with Crippen molar-refractivity contribution in [1.29, 1.82) is 0 Å². The number of aromatic amines is 1. The highest BCUT2D eigenvalue weighted by atomic mass is 35.5. The van der Waals surface area contributed by atoms with E-state index in [-0.39, 0.29) is 31.1 Å². The standard InChI is InChI=1S/C18H17Cl2F2N3O2/c1-9(16(27)25-3-2-17(8-25)7-18(17,21)22)23-15(26)14-5-10-4-11(19)12(20)6-13(10)24-14/h4-6,9,24H,2-3,7-8H2,1H3,(H,23,26)/t9-,17?/m1/s1. The molecule has 1 aromatic heterocycles. The minimum absolute atomic E-state index is 0.0441. The summed E-state index contributed by atoms with van der Waals surface area (Å²) in [7, 11) is 0. The zero-order valence-corrected chi connectivity index (χ0v) is 15.9. The van der Waals surface area contributed by atoms with Crippen molar-refractivity contribution in [3.63, 3.8) is 0 Å². The summed E-state index contributed by atoms with van der Waals surface area (Å²) in [5, 5.41) is 4.07. The third kappa shape index (κ3) is 3.06. The number of fused-ring (bicyclic) bond motifs is 1. The second-order valence-electron chi connectivity index (χ2n) is 7.40. The van der Waals surface area contributed by atoms with Crippen molar-refractivity contribution in [2.75, 3.05) is 13.1 Å². The van der Waals surface area contributed by atoms with Gasteiger partial charge in [-0.05, 0) is 31.5 Å². The van der Waals surface area contributed by atoms with Crippen LogP contribution in [0.2, 0.25) is 10.0 Å². The number of nitrogens with zero attached hydrogens (tertiary/aromatic N) is 1. The highest BCUT2D eigenvalue weighted by Crippen LogP contribution is 2.65. The summed E-state index contributed by atoms with van der Waals surface area (Å²) in [6.07, 6.45) is 0.140. The van der Waals surface area contributed by atoms with Crippen LogP contribution in [0.15, 0.2) is 18.2 Å². The maximum Gasteiger partial charge on any atom is 0.268 e. The van der Waals surface area contributed by atoms with Gasteiger partial charge in [0, 0.05) is 30.4 Å². The molecule has 1 saturated heterocycles. The number of halogens is 4. The Labute approximate surface area is 164 Å². The Morgan fingerprint density at radius 3 is 2.56 bits per heavy atom. The van der Waals surface area contributed by atoms with Gasteiger partial charge in [-0.15, -0.1) is 0 Å². The van der Waals surface area contributed by atoms with Gasteiger partial charge in [-0.2, -0.15) is 0 Å². The minimum Gasteiger partial charge on any atom is -0.350 e. The number of nitrogens with one attached hydrogen (secondary N) is 2. The van der Waals surface area contributed by atoms with E-state index in [1.54, 1.807) is 25.1 Å². The molecule has 27 heavy (non-hydrogen) atoms. The topological polar surface area (TPSA) is 65.2 Å². The van der Waals surface area contributed by atoms with Crippen LogP contribution in [0.5, 0.6) is 0 Å². The van der Waals surface area contributed by atoms with E-state index in [9.17, 15) is 18.4 Å². The predicted octanol–water partition coefficient (Wildman–Crippen LogP) is 3.85. The first-order valence-electron chi connectivity index (χ1n) is 8.57. The van der Waals surface area contributed by atoms with Gasteiger partial charge in [0.1, 0.15) is 11.7 Å². The summed E-state index contributed by atoms with van der Waals surface area (Å²) in [4.78, 5) is 29.3. The van der Waals surface area contributed by atoms with Gasteiger partial charge in [-0.1, -0.05) is 23.2 Å². The molecule has 2 amide bonds. The normalized spacial score (nSPS) is 24.4. The number of hydrogen-bond acceptors (Lipinski definition) is 2. The Morgan fingerprint density at radius 1 is 1.26 bits per heavy atom. The molecule has 5 nitrogen and oxygen atoms in total. The number of H-pyrrole nitrogens is 1. The largest absolute Gasteiger partial charge is 0.350 e. The Balaban J connectivity index is 1.43. The number of likely N-dealkylation sites (tertiary alicyclic amines) is 1. The van der Waals surface area contributed by atoms with Gasteiger partial charge in [-0.3, -0.25) is 9.59 Å². The molecule has 9 heteroatoms. The van der Waals surface area contributed by atoms with Crippen LogP contribution < -0.4 is 5.32 Å². The maximum absolute atomic E-state index is 13.5. The van der Waals surface area contributed by atoms with E-state index in [0.29, 0.717) is 27.4 Å². The average molecular weight is 416 g/mol. The fraction of sp³-hybridized carbons (Fsp3) is 0.444. The van der Waals surface area contributed by atoms with Gasteiger partial charge in [0.15, 0.2) is 0 Å². The molecule has 4 rings (SSSR count). The smallest absolute Gasteiger partial charge is 0.268 e. The number of carbonyl (C=O) groups is 2. The Hall–Kier alpha value is -1.86. The Kier molecular flexibility index (Phi) is 4.16. The average Bonchev–Trinajstić information content (AvgIpc) is 2.97. The van der Waals surface area contributed by atoms with Crippen molar-refractivity contribution < 1.29 is 18.4 Å². The lowest BCUT2D eigenvalue weighted by atomic mass is 10.1. The van der Waals surface area contributed by atoms with Gasteiger partial charge in [0.05, 0.1) is 15.5 Å². The van der Waals surface area contributed by atoms with Gasteiger partial charge >= 0.3 is 0 Å². The summed E-state index contributed by atoms with van der Waals surface area (Å²) < 4.78 is 27.0. The van der Waals surface area contributed by atoms with Crippen molar-refractivity contribution in [2.24, 2.45) is 5.41 Å². The molecule has 2 atom stereocenters. The van der Waals surface area contributed by atoms with Crippen molar-refractivity contribution in [3.05, 3.63) is 33.9 Å². The van der Waals surface area contributed by atoms with Crippen LogP contribution >= 0.6 is 23.2 Å². The van der Waals surface area contributed by atoms with E-state index >= 15 is 0 Å². The molecule has 1 unspecified atom stereocenters. The van der Waals surface area contributed by atoms with E-state index < -0.39 is 23.3 Å². The van der Waals surface area contributed by atoms with Gasteiger partial charge in [0.25, 0.3) is 11.8 Å². The zero-order chi connectivity index (χ0) is 19.6. The SMILES string of the molecule is C[C@@H](NC(=O)c1cc2cc(Cl)c(Cl)cc2[nH]1)C(=O)N1CCC2(C1)CC2(F)F. The molecule has 0 radical (unpaired) electrons. The molecule has 1 spiro atoms. The molecule has 2 N–H and O–H groups in total. The van der Waals surface area contributed by atoms with Crippen molar-refractivity contribution in [3.8, 4) is 0 Å². The van der Waals surface area contributed by atoms with E-state index in [1.165, 1.54) is 4.90 Å². The molecule has 1 aliphatic heterocycles. The van der Waals surface area contributed by atoms with E-state index in [2.05, 4.69) is 10.3 Å². The lowest BCUT2D eigenvalue weighted by Gasteiger charge is -2.21. The summed E-state index contributed by atoms with van der Waals surface area (Å²) in [6, 6.07) is 4.04. The number of carbonyl (C=O) groups excluding carboxylic acids is 2. The van der Waals surface area contributed by atoms with Crippen LogP contribution in [0.3, 0.4) is 0 Å². The highest BCUT2D eigenvalue weighted by molar-refractivity contribution is 6.42. The van der Waals surface area contributed by atoms with Gasteiger partial charge in [0.2, 0.25) is 5.91 Å². The summed E-state index contributed by atoms with van der Waals surface area (Å²) in [5.41, 5.74) is -0.150. The lowest BCUT2D eigenvalue weighted by molar-refractivity contribution is -0.132. The first-order valence-corrected chi connectivity index (χ1v) is 9.33. The molecular weight excluding hydrogens is 399 g/mol. The molecule has 0 bridgehead atoms. The summed E-state index contributed by atoms with van der Waals surface area (Å²) in [6.45, 7) is 1.88. The van der Waals surface area contributed by atoms with Crippen LogP contribution in [-0.4, -0.2) is 46.8 Å². The van der Waals surface area contributed by atoms with Crippen LogP contribution in [-0.2, 0) is 4.79 Å². The maximum atomic E-state index is 13.5. The first-order chi connectivity index (χ1) is 12.6. The molecule has 1 aromatic carbocycles.